The average molecular weight is 221 g/mol. The van der Waals surface area contributed by atoms with E-state index in [1.807, 2.05) is 0 Å². The first-order chi connectivity index (χ1) is 7.77. The highest BCUT2D eigenvalue weighted by molar-refractivity contribution is 5.46. The van der Waals surface area contributed by atoms with E-state index in [0.29, 0.717) is 0 Å². The third-order valence-corrected chi connectivity index (χ3v) is 3.08. The molecule has 2 unspecified atom stereocenters. The lowest BCUT2D eigenvalue weighted by molar-refractivity contribution is 0.00732. The number of hydrogen-bond donors (Lipinski definition) is 2. The van der Waals surface area contributed by atoms with E-state index in [1.165, 1.54) is 12.8 Å². The lowest BCUT2D eigenvalue weighted by atomic mass is 9.97. The average Bonchev–Trinajstić information content (AvgIpc) is 2.31. The number of nitrogens with two attached hydrogens (primary N) is 2. The summed E-state index contributed by atoms with van der Waals surface area (Å²) >= 11 is 0. The minimum atomic E-state index is -0.0724. The first-order valence-electron chi connectivity index (χ1n) is 5.84. The van der Waals surface area contributed by atoms with Crippen molar-refractivity contribution in [3.63, 3.8) is 0 Å². The molecular formula is C12H19N3O. The van der Waals surface area contributed by atoms with Gasteiger partial charge in [-0.15, -0.1) is 0 Å². The van der Waals surface area contributed by atoms with Crippen LogP contribution in [0.25, 0.3) is 0 Å². The Balaban J connectivity index is 1.96. The second kappa shape index (κ2) is 5.27. The lowest BCUT2D eigenvalue weighted by Crippen LogP contribution is -2.25. The number of pyridine rings is 1. The summed E-state index contributed by atoms with van der Waals surface area (Å²) in [7, 11) is 0. The Labute approximate surface area is 96.0 Å². The molecule has 1 aromatic heterocycles. The van der Waals surface area contributed by atoms with Crippen molar-refractivity contribution in [1.29, 1.82) is 0 Å². The van der Waals surface area contributed by atoms with Crippen molar-refractivity contribution in [2.75, 3.05) is 12.3 Å². The molecule has 0 spiro atoms. The second-order valence-corrected chi connectivity index (χ2v) is 4.34. The molecule has 0 aromatic carbocycles. The van der Waals surface area contributed by atoms with Gasteiger partial charge in [0.15, 0.2) is 0 Å². The zero-order valence-corrected chi connectivity index (χ0v) is 9.43. The number of anilines is 1. The molecule has 16 heavy (non-hydrogen) atoms. The van der Waals surface area contributed by atoms with Crippen LogP contribution in [0, 0.1) is 0 Å². The number of hydrogen-bond acceptors (Lipinski definition) is 4. The molecule has 0 aliphatic carbocycles. The van der Waals surface area contributed by atoms with Gasteiger partial charge in [0, 0.05) is 36.3 Å². The third-order valence-electron chi connectivity index (χ3n) is 3.08. The highest BCUT2D eigenvalue weighted by Crippen LogP contribution is 2.25. The van der Waals surface area contributed by atoms with Crippen LogP contribution in [0.2, 0.25) is 0 Å². The molecule has 2 heterocycles. The van der Waals surface area contributed by atoms with Gasteiger partial charge in [-0.25, -0.2) is 0 Å². The van der Waals surface area contributed by atoms with Crippen LogP contribution in [0.1, 0.15) is 37.3 Å². The van der Waals surface area contributed by atoms with Crippen LogP contribution in [0.3, 0.4) is 0 Å². The summed E-state index contributed by atoms with van der Waals surface area (Å²) < 4.78 is 5.67. The van der Waals surface area contributed by atoms with Crippen LogP contribution >= 0.6 is 0 Å². The van der Waals surface area contributed by atoms with Crippen LogP contribution in [-0.4, -0.2) is 17.7 Å². The Morgan fingerprint density at radius 3 is 3.06 bits per heavy atom. The summed E-state index contributed by atoms with van der Waals surface area (Å²) in [5.41, 5.74) is 13.6. The Bertz CT molecular complexity index is 337. The zero-order valence-electron chi connectivity index (χ0n) is 9.43. The van der Waals surface area contributed by atoms with Gasteiger partial charge in [0.05, 0.1) is 6.10 Å². The van der Waals surface area contributed by atoms with Gasteiger partial charge < -0.3 is 16.2 Å². The van der Waals surface area contributed by atoms with Crippen LogP contribution in [0.4, 0.5) is 5.69 Å². The van der Waals surface area contributed by atoms with Crippen molar-refractivity contribution in [3.8, 4) is 0 Å². The summed E-state index contributed by atoms with van der Waals surface area (Å²) in [5.74, 6) is 0. The monoisotopic (exact) mass is 221 g/mol. The van der Waals surface area contributed by atoms with Crippen molar-refractivity contribution < 1.29 is 4.74 Å². The van der Waals surface area contributed by atoms with Crippen LogP contribution < -0.4 is 11.5 Å². The summed E-state index contributed by atoms with van der Waals surface area (Å²) in [6, 6.07) is 1.72. The minimum absolute atomic E-state index is 0.0724. The molecule has 1 saturated heterocycles. The Hall–Kier alpha value is -1.13. The number of nitrogen functional groups attached to an aromatic ring is 1. The first kappa shape index (κ1) is 11.4. The molecule has 1 fully saturated rings. The molecule has 1 aromatic rings. The molecule has 1 aliphatic rings. The van der Waals surface area contributed by atoms with Crippen molar-refractivity contribution in [3.05, 3.63) is 24.0 Å². The van der Waals surface area contributed by atoms with E-state index in [4.69, 9.17) is 16.2 Å². The fraction of sp³-hybridized carbons (Fsp3) is 0.583. The highest BCUT2D eigenvalue weighted by atomic mass is 16.5. The van der Waals surface area contributed by atoms with Gasteiger partial charge in [0.2, 0.25) is 0 Å². The fourth-order valence-electron chi connectivity index (χ4n) is 2.13. The molecule has 1 aliphatic heterocycles. The van der Waals surface area contributed by atoms with Gasteiger partial charge in [0.1, 0.15) is 0 Å². The summed E-state index contributed by atoms with van der Waals surface area (Å²) in [4.78, 5) is 4.06. The van der Waals surface area contributed by atoms with E-state index in [2.05, 4.69) is 4.98 Å². The van der Waals surface area contributed by atoms with E-state index < -0.39 is 0 Å². The fourth-order valence-corrected chi connectivity index (χ4v) is 2.13. The predicted octanol–water partition coefficient (Wildman–Crippen LogP) is 1.62. The van der Waals surface area contributed by atoms with Gasteiger partial charge in [-0.05, 0) is 31.7 Å². The number of ether oxygens (including phenoxy) is 1. The third kappa shape index (κ3) is 2.71. The van der Waals surface area contributed by atoms with Crippen molar-refractivity contribution in [2.45, 2.75) is 37.8 Å². The largest absolute Gasteiger partial charge is 0.398 e. The normalized spacial score (nSPS) is 22.9. The van der Waals surface area contributed by atoms with Gasteiger partial charge in [0.25, 0.3) is 0 Å². The molecule has 88 valence electrons. The highest BCUT2D eigenvalue weighted by Gasteiger charge is 2.19. The summed E-state index contributed by atoms with van der Waals surface area (Å²) in [6.45, 7) is 0.861. The van der Waals surface area contributed by atoms with Crippen LogP contribution in [0.15, 0.2) is 18.5 Å². The van der Waals surface area contributed by atoms with E-state index in [-0.39, 0.29) is 12.1 Å². The van der Waals surface area contributed by atoms with Crippen molar-refractivity contribution >= 4 is 5.69 Å². The molecule has 2 rings (SSSR count). The Morgan fingerprint density at radius 1 is 1.50 bits per heavy atom. The molecule has 2 atom stereocenters. The molecular weight excluding hydrogens is 202 g/mol. The number of aromatic nitrogens is 1. The van der Waals surface area contributed by atoms with E-state index in [1.54, 1.807) is 18.5 Å². The van der Waals surface area contributed by atoms with Crippen molar-refractivity contribution in [1.82, 2.24) is 4.98 Å². The van der Waals surface area contributed by atoms with Gasteiger partial charge in [-0.2, -0.15) is 0 Å². The second-order valence-electron chi connectivity index (χ2n) is 4.34. The zero-order chi connectivity index (χ0) is 11.4. The number of nitrogens with zero attached hydrogens (tertiary/aromatic N) is 1. The van der Waals surface area contributed by atoms with Crippen LogP contribution in [-0.2, 0) is 4.74 Å². The Morgan fingerprint density at radius 2 is 2.38 bits per heavy atom. The predicted molar refractivity (Wildman–Crippen MR) is 63.8 cm³/mol. The SMILES string of the molecule is Nc1ccncc1C(N)CC1CCCCO1. The quantitative estimate of drug-likeness (QED) is 0.813. The molecule has 0 radical (unpaired) electrons. The topological polar surface area (TPSA) is 74.2 Å². The molecule has 4 N–H and O–H groups in total. The first-order valence-corrected chi connectivity index (χ1v) is 5.84. The Kier molecular flexibility index (Phi) is 3.74. The maximum atomic E-state index is 6.13. The van der Waals surface area contributed by atoms with Crippen LogP contribution in [0.5, 0.6) is 0 Å². The maximum Gasteiger partial charge on any atom is 0.0593 e. The standard InChI is InChI=1S/C12H19N3O/c13-11-4-5-15-8-10(11)12(14)7-9-3-1-2-6-16-9/h4-5,8-9,12H,1-3,6-7,14H2,(H2,13,15). The van der Waals surface area contributed by atoms with Crippen molar-refractivity contribution in [2.24, 2.45) is 5.73 Å². The summed E-state index contributed by atoms with van der Waals surface area (Å²) in [5, 5.41) is 0. The molecule has 4 heteroatoms. The minimum Gasteiger partial charge on any atom is -0.398 e. The smallest absolute Gasteiger partial charge is 0.0593 e. The van der Waals surface area contributed by atoms with E-state index in [9.17, 15) is 0 Å². The molecule has 4 nitrogen and oxygen atoms in total. The van der Waals surface area contributed by atoms with E-state index in [0.717, 1.165) is 30.7 Å². The van der Waals surface area contributed by atoms with Gasteiger partial charge >= 0.3 is 0 Å². The lowest BCUT2D eigenvalue weighted by Gasteiger charge is -2.25. The molecule has 0 bridgehead atoms. The summed E-state index contributed by atoms with van der Waals surface area (Å²) in [6.07, 6.45) is 8.05. The molecule has 0 amide bonds. The number of rotatable bonds is 3. The van der Waals surface area contributed by atoms with Gasteiger partial charge in [-0.1, -0.05) is 0 Å². The molecule has 0 saturated carbocycles. The van der Waals surface area contributed by atoms with Gasteiger partial charge in [-0.3, -0.25) is 4.98 Å². The maximum absolute atomic E-state index is 6.13. The van der Waals surface area contributed by atoms with E-state index >= 15 is 0 Å².